The fraction of sp³-hybridized carbons (Fsp3) is 0. The van der Waals surface area contributed by atoms with Crippen LogP contribution in [0.15, 0.2) is 59.6 Å². The molecule has 0 radical (unpaired) electrons. The maximum absolute atomic E-state index is 13.2. The predicted molar refractivity (Wildman–Crippen MR) is 84.0 cm³/mol. The van der Waals surface area contributed by atoms with Crippen LogP contribution in [0.2, 0.25) is 5.02 Å². The molecule has 1 heterocycles. The van der Waals surface area contributed by atoms with Crippen molar-refractivity contribution >= 4 is 38.2 Å². The molecule has 0 saturated heterocycles. The molecular weight excluding hydrogens is 327 g/mol. The molecule has 22 heavy (non-hydrogen) atoms. The van der Waals surface area contributed by atoms with Crippen LogP contribution in [0.1, 0.15) is 0 Å². The van der Waals surface area contributed by atoms with E-state index in [4.69, 9.17) is 11.6 Å². The second kappa shape index (κ2) is 5.55. The van der Waals surface area contributed by atoms with Crippen molar-refractivity contribution in [1.29, 1.82) is 0 Å². The molecule has 0 fully saturated rings. The number of hydrogen-bond acceptors (Lipinski definition) is 3. The minimum Gasteiger partial charge on any atom is -0.277 e. The van der Waals surface area contributed by atoms with Crippen molar-refractivity contribution in [1.82, 2.24) is 4.98 Å². The first-order valence-electron chi connectivity index (χ1n) is 6.29. The van der Waals surface area contributed by atoms with Gasteiger partial charge < -0.3 is 0 Å². The van der Waals surface area contributed by atoms with Crippen LogP contribution in [0.5, 0.6) is 0 Å². The van der Waals surface area contributed by atoms with Crippen LogP contribution < -0.4 is 4.72 Å². The van der Waals surface area contributed by atoms with E-state index in [1.165, 1.54) is 0 Å². The zero-order chi connectivity index (χ0) is 15.7. The van der Waals surface area contributed by atoms with Gasteiger partial charge in [0, 0.05) is 11.6 Å². The van der Waals surface area contributed by atoms with Crippen LogP contribution in [0.4, 0.5) is 10.1 Å². The molecule has 1 aromatic heterocycles. The Kier molecular flexibility index (Phi) is 3.72. The van der Waals surface area contributed by atoms with E-state index in [0.717, 1.165) is 23.6 Å². The Morgan fingerprint density at radius 1 is 1.09 bits per heavy atom. The fourth-order valence-corrected chi connectivity index (χ4v) is 3.37. The smallest absolute Gasteiger partial charge is 0.262 e. The van der Waals surface area contributed by atoms with Gasteiger partial charge in [-0.05, 0) is 30.3 Å². The summed E-state index contributed by atoms with van der Waals surface area (Å²) >= 11 is 5.64. The molecule has 0 aliphatic rings. The molecule has 0 atom stereocenters. The number of anilines is 1. The molecule has 0 saturated carbocycles. The fourth-order valence-electron chi connectivity index (χ4n) is 2.03. The van der Waals surface area contributed by atoms with E-state index >= 15 is 0 Å². The lowest BCUT2D eigenvalue weighted by Crippen LogP contribution is -2.13. The van der Waals surface area contributed by atoms with Gasteiger partial charge in [0.25, 0.3) is 10.0 Å². The van der Waals surface area contributed by atoms with Gasteiger partial charge in [-0.2, -0.15) is 0 Å². The van der Waals surface area contributed by atoms with Crippen molar-refractivity contribution < 1.29 is 12.8 Å². The number of rotatable bonds is 3. The first-order chi connectivity index (χ1) is 10.5. The van der Waals surface area contributed by atoms with Crippen molar-refractivity contribution in [2.75, 3.05) is 4.72 Å². The minimum atomic E-state index is -3.89. The lowest BCUT2D eigenvalue weighted by molar-refractivity contribution is 0.599. The number of pyridine rings is 1. The maximum atomic E-state index is 13.2. The zero-order valence-corrected chi connectivity index (χ0v) is 12.7. The van der Waals surface area contributed by atoms with Crippen LogP contribution in [0.25, 0.3) is 10.9 Å². The number of para-hydroxylation sites is 1. The van der Waals surface area contributed by atoms with E-state index in [1.807, 2.05) is 12.1 Å². The highest BCUT2D eigenvalue weighted by Crippen LogP contribution is 2.25. The van der Waals surface area contributed by atoms with Gasteiger partial charge in [0.05, 0.1) is 21.1 Å². The quantitative estimate of drug-likeness (QED) is 0.790. The number of fused-ring (bicyclic) bond motifs is 1. The summed E-state index contributed by atoms with van der Waals surface area (Å²) < 4.78 is 40.4. The molecule has 0 bridgehead atoms. The summed E-state index contributed by atoms with van der Waals surface area (Å²) in [5, 5.41) is 0.554. The van der Waals surface area contributed by atoms with Crippen molar-refractivity contribution in [3.8, 4) is 0 Å². The standard InChI is InChI=1S/C15H10ClFN2O2S/c16-12-9-11(6-7-13(12)17)22(20,21)19-14-5-1-3-10-4-2-8-18-15(10)14/h1-9,19H. The maximum Gasteiger partial charge on any atom is 0.262 e. The average molecular weight is 337 g/mol. The monoisotopic (exact) mass is 336 g/mol. The van der Waals surface area contributed by atoms with Crippen LogP contribution in [0, 0.1) is 5.82 Å². The molecule has 7 heteroatoms. The van der Waals surface area contributed by atoms with E-state index in [2.05, 4.69) is 9.71 Å². The number of hydrogen-bond donors (Lipinski definition) is 1. The summed E-state index contributed by atoms with van der Waals surface area (Å²) in [5.74, 6) is -0.674. The summed E-state index contributed by atoms with van der Waals surface area (Å²) in [6, 6.07) is 12.0. The van der Waals surface area contributed by atoms with E-state index in [9.17, 15) is 12.8 Å². The predicted octanol–water partition coefficient (Wildman–Crippen LogP) is 3.83. The van der Waals surface area contributed by atoms with Gasteiger partial charge in [-0.3, -0.25) is 9.71 Å². The first-order valence-corrected chi connectivity index (χ1v) is 8.15. The van der Waals surface area contributed by atoms with Crippen LogP contribution >= 0.6 is 11.6 Å². The van der Waals surface area contributed by atoms with Crippen molar-refractivity contribution in [2.45, 2.75) is 4.90 Å². The number of halogens is 2. The summed E-state index contributed by atoms with van der Waals surface area (Å²) in [6.07, 6.45) is 1.58. The lowest BCUT2D eigenvalue weighted by Gasteiger charge is -2.10. The topological polar surface area (TPSA) is 59.1 Å². The zero-order valence-electron chi connectivity index (χ0n) is 11.1. The summed E-state index contributed by atoms with van der Waals surface area (Å²) in [4.78, 5) is 4.06. The van der Waals surface area contributed by atoms with Gasteiger partial charge in [-0.1, -0.05) is 29.8 Å². The Bertz CT molecular complexity index is 955. The normalized spacial score (nSPS) is 11.5. The van der Waals surface area contributed by atoms with E-state index < -0.39 is 15.8 Å². The van der Waals surface area contributed by atoms with Crippen molar-refractivity contribution in [3.63, 3.8) is 0 Å². The second-order valence-corrected chi connectivity index (χ2v) is 6.65. The van der Waals surface area contributed by atoms with Gasteiger partial charge in [0.15, 0.2) is 0 Å². The van der Waals surface area contributed by atoms with E-state index in [-0.39, 0.29) is 9.92 Å². The number of benzene rings is 2. The third-order valence-electron chi connectivity index (χ3n) is 3.08. The van der Waals surface area contributed by atoms with E-state index in [0.29, 0.717) is 11.2 Å². The molecule has 112 valence electrons. The van der Waals surface area contributed by atoms with Crippen LogP contribution in [-0.2, 0) is 10.0 Å². The molecule has 0 amide bonds. The Labute approximate surface area is 131 Å². The summed E-state index contributed by atoms with van der Waals surface area (Å²) in [5.41, 5.74) is 0.875. The number of aromatic nitrogens is 1. The average Bonchev–Trinajstić information content (AvgIpc) is 2.50. The van der Waals surface area contributed by atoms with Gasteiger partial charge in [0.2, 0.25) is 0 Å². The van der Waals surface area contributed by atoms with Crippen molar-refractivity contribution in [2.24, 2.45) is 0 Å². The number of sulfonamides is 1. The molecule has 0 unspecified atom stereocenters. The highest BCUT2D eigenvalue weighted by molar-refractivity contribution is 7.92. The molecule has 1 N–H and O–H groups in total. The summed E-state index contributed by atoms with van der Waals surface area (Å²) in [7, 11) is -3.89. The Balaban J connectivity index is 2.05. The number of nitrogens with zero attached hydrogens (tertiary/aromatic N) is 1. The number of nitrogens with one attached hydrogen (secondary N) is 1. The molecular formula is C15H10ClFN2O2S. The first kappa shape index (κ1) is 14.7. The molecule has 0 aliphatic carbocycles. The molecule has 3 aromatic rings. The van der Waals surface area contributed by atoms with E-state index in [1.54, 1.807) is 24.4 Å². The van der Waals surface area contributed by atoms with Crippen LogP contribution in [0.3, 0.4) is 0 Å². The second-order valence-electron chi connectivity index (χ2n) is 4.56. The van der Waals surface area contributed by atoms with Crippen LogP contribution in [-0.4, -0.2) is 13.4 Å². The highest BCUT2D eigenvalue weighted by Gasteiger charge is 2.17. The minimum absolute atomic E-state index is 0.119. The van der Waals surface area contributed by atoms with Gasteiger partial charge in [-0.15, -0.1) is 0 Å². The third-order valence-corrected chi connectivity index (χ3v) is 4.73. The van der Waals surface area contributed by atoms with Gasteiger partial charge >= 0.3 is 0 Å². The molecule has 0 spiro atoms. The van der Waals surface area contributed by atoms with Gasteiger partial charge in [0.1, 0.15) is 5.82 Å². The highest BCUT2D eigenvalue weighted by atomic mass is 35.5. The SMILES string of the molecule is O=S(=O)(Nc1cccc2cccnc12)c1ccc(F)c(Cl)c1. The molecule has 2 aromatic carbocycles. The Morgan fingerprint density at radius 3 is 2.64 bits per heavy atom. The lowest BCUT2D eigenvalue weighted by atomic mass is 10.2. The largest absolute Gasteiger partial charge is 0.277 e. The molecule has 0 aliphatic heterocycles. The third kappa shape index (κ3) is 2.75. The van der Waals surface area contributed by atoms with Crippen molar-refractivity contribution in [3.05, 3.63) is 65.6 Å². The Hall–Kier alpha value is -2.18. The molecule has 4 nitrogen and oxygen atoms in total. The molecule has 3 rings (SSSR count). The van der Waals surface area contributed by atoms with Gasteiger partial charge in [-0.25, -0.2) is 12.8 Å². The summed E-state index contributed by atoms with van der Waals surface area (Å²) in [6.45, 7) is 0. The Morgan fingerprint density at radius 2 is 1.86 bits per heavy atom.